The molecule has 1 saturated heterocycles. The number of nitrogens with two attached hydrogens (primary N) is 1. The van der Waals surface area contributed by atoms with Gasteiger partial charge < -0.3 is 10.6 Å². The Labute approximate surface area is 133 Å². The van der Waals surface area contributed by atoms with E-state index < -0.39 is 32.7 Å². The number of sulfonamides is 1. The maximum absolute atomic E-state index is 13.4. The second kappa shape index (κ2) is 6.77. The molecule has 0 amide bonds. The molecule has 0 aromatic heterocycles. The van der Waals surface area contributed by atoms with E-state index in [1.165, 1.54) is 12.1 Å². The van der Waals surface area contributed by atoms with Crippen LogP contribution in [0.4, 0.5) is 15.8 Å². The molecular weight excluding hydrogens is 327 g/mol. The molecule has 4 N–H and O–H groups in total. The molecule has 8 nitrogen and oxygen atoms in total. The zero-order chi connectivity index (χ0) is 17.1. The molecule has 1 fully saturated rings. The molecule has 0 radical (unpaired) electrons. The standard InChI is InChI=1S/C13H19FN4O4S/c14-8-13(3-5-16-6-4-13)9-17-11-2-1-10(23(15,21)22)7-12(11)18(19)20/h1-2,7,16-17H,3-6,8-9H2,(H2,15,21,22). The van der Waals surface area contributed by atoms with E-state index in [4.69, 9.17) is 5.14 Å². The molecule has 0 spiro atoms. The summed E-state index contributed by atoms with van der Waals surface area (Å²) >= 11 is 0. The molecule has 1 heterocycles. The van der Waals surface area contributed by atoms with E-state index in [-0.39, 0.29) is 17.1 Å². The fraction of sp³-hybridized carbons (Fsp3) is 0.538. The maximum Gasteiger partial charge on any atom is 0.293 e. The van der Waals surface area contributed by atoms with Gasteiger partial charge in [0.1, 0.15) is 5.69 Å². The van der Waals surface area contributed by atoms with Crippen molar-refractivity contribution in [1.82, 2.24) is 5.32 Å². The minimum Gasteiger partial charge on any atom is -0.379 e. The summed E-state index contributed by atoms with van der Waals surface area (Å²) in [6.07, 6.45) is 1.25. The van der Waals surface area contributed by atoms with Crippen molar-refractivity contribution in [2.24, 2.45) is 10.6 Å². The Morgan fingerprint density at radius 1 is 1.39 bits per heavy atom. The summed E-state index contributed by atoms with van der Waals surface area (Å²) in [4.78, 5) is 10.1. The van der Waals surface area contributed by atoms with E-state index >= 15 is 0 Å². The fourth-order valence-electron chi connectivity index (χ4n) is 2.59. The van der Waals surface area contributed by atoms with E-state index in [1.807, 2.05) is 0 Å². The lowest BCUT2D eigenvalue weighted by atomic mass is 9.80. The van der Waals surface area contributed by atoms with Crippen LogP contribution in [0.5, 0.6) is 0 Å². The number of hydrogen-bond donors (Lipinski definition) is 3. The monoisotopic (exact) mass is 346 g/mol. The summed E-state index contributed by atoms with van der Waals surface area (Å²) < 4.78 is 36.0. The van der Waals surface area contributed by atoms with Gasteiger partial charge in [0.25, 0.3) is 5.69 Å². The third-order valence-corrected chi connectivity index (χ3v) is 5.01. The van der Waals surface area contributed by atoms with Gasteiger partial charge in [-0.15, -0.1) is 0 Å². The topological polar surface area (TPSA) is 127 Å². The average molecular weight is 346 g/mol. The smallest absolute Gasteiger partial charge is 0.293 e. The van der Waals surface area contributed by atoms with Crippen molar-refractivity contribution >= 4 is 21.4 Å². The van der Waals surface area contributed by atoms with Crippen molar-refractivity contribution < 1.29 is 17.7 Å². The summed E-state index contributed by atoms with van der Waals surface area (Å²) in [5.74, 6) is 0. The van der Waals surface area contributed by atoms with Crippen molar-refractivity contribution in [3.8, 4) is 0 Å². The van der Waals surface area contributed by atoms with Crippen LogP contribution >= 0.6 is 0 Å². The van der Waals surface area contributed by atoms with E-state index in [2.05, 4.69) is 10.6 Å². The second-order valence-corrected chi connectivity index (χ2v) is 7.28. The van der Waals surface area contributed by atoms with Gasteiger partial charge in [-0.2, -0.15) is 0 Å². The molecule has 0 bridgehead atoms. The van der Waals surface area contributed by atoms with Crippen molar-refractivity contribution in [1.29, 1.82) is 0 Å². The Hall–Kier alpha value is -1.78. The minimum atomic E-state index is -4.03. The summed E-state index contributed by atoms with van der Waals surface area (Å²) in [5, 5.41) is 22.2. The number of halogens is 1. The number of rotatable bonds is 6. The van der Waals surface area contributed by atoms with Gasteiger partial charge >= 0.3 is 0 Å². The highest BCUT2D eigenvalue weighted by Crippen LogP contribution is 2.32. The van der Waals surface area contributed by atoms with Crippen LogP contribution < -0.4 is 15.8 Å². The van der Waals surface area contributed by atoms with Gasteiger partial charge in [-0.25, -0.2) is 13.6 Å². The number of nitrogens with one attached hydrogen (secondary N) is 2. The molecular formula is C13H19FN4O4S. The molecule has 0 atom stereocenters. The number of benzene rings is 1. The predicted octanol–water partition coefficient (Wildman–Crippen LogP) is 0.993. The summed E-state index contributed by atoms with van der Waals surface area (Å²) in [7, 11) is -4.03. The second-order valence-electron chi connectivity index (χ2n) is 5.72. The fourth-order valence-corrected chi connectivity index (χ4v) is 3.12. The normalized spacial score (nSPS) is 17.7. The van der Waals surface area contributed by atoms with Crippen LogP contribution in [0.1, 0.15) is 12.8 Å². The molecule has 128 valence electrons. The van der Waals surface area contributed by atoms with Gasteiger partial charge in [-0.05, 0) is 38.1 Å². The molecule has 0 unspecified atom stereocenters. The van der Waals surface area contributed by atoms with Crippen molar-refractivity contribution in [3.05, 3.63) is 28.3 Å². The highest BCUT2D eigenvalue weighted by molar-refractivity contribution is 7.89. The first-order chi connectivity index (χ1) is 10.8. The number of piperidine rings is 1. The molecule has 2 rings (SSSR count). The molecule has 1 aromatic rings. The number of alkyl halides is 1. The molecule has 10 heteroatoms. The lowest BCUT2D eigenvalue weighted by molar-refractivity contribution is -0.384. The largest absolute Gasteiger partial charge is 0.379 e. The summed E-state index contributed by atoms with van der Waals surface area (Å²) in [5.41, 5.74) is -0.828. The zero-order valence-electron chi connectivity index (χ0n) is 12.4. The lowest BCUT2D eigenvalue weighted by Gasteiger charge is -2.35. The Kier molecular flexibility index (Phi) is 5.17. The van der Waals surface area contributed by atoms with Crippen LogP contribution in [0.15, 0.2) is 23.1 Å². The first-order valence-corrected chi connectivity index (χ1v) is 8.64. The van der Waals surface area contributed by atoms with Crippen LogP contribution in [0.25, 0.3) is 0 Å². The highest BCUT2D eigenvalue weighted by atomic mass is 32.2. The van der Waals surface area contributed by atoms with Crippen LogP contribution in [0, 0.1) is 15.5 Å². The molecule has 0 aliphatic carbocycles. The first kappa shape index (κ1) is 17.6. The molecule has 1 aromatic carbocycles. The molecule has 1 aliphatic heterocycles. The minimum absolute atomic E-state index is 0.147. The quantitative estimate of drug-likeness (QED) is 0.521. The van der Waals surface area contributed by atoms with Crippen molar-refractivity contribution in [2.45, 2.75) is 17.7 Å². The lowest BCUT2D eigenvalue weighted by Crippen LogP contribution is -2.42. The van der Waals surface area contributed by atoms with Crippen LogP contribution in [-0.4, -0.2) is 39.6 Å². The third-order valence-electron chi connectivity index (χ3n) is 4.10. The summed E-state index contributed by atoms with van der Waals surface area (Å²) in [6.45, 7) is 1.10. The van der Waals surface area contributed by atoms with Crippen LogP contribution in [-0.2, 0) is 10.0 Å². The first-order valence-electron chi connectivity index (χ1n) is 7.09. The predicted molar refractivity (Wildman–Crippen MR) is 83.5 cm³/mol. The average Bonchev–Trinajstić information content (AvgIpc) is 2.52. The van der Waals surface area contributed by atoms with Gasteiger partial charge in [0.05, 0.1) is 16.5 Å². The van der Waals surface area contributed by atoms with Gasteiger partial charge in [0.15, 0.2) is 0 Å². The Balaban J connectivity index is 2.24. The Morgan fingerprint density at radius 2 is 2.04 bits per heavy atom. The number of hydrogen-bond acceptors (Lipinski definition) is 6. The Bertz CT molecular complexity index is 689. The molecule has 1 aliphatic rings. The van der Waals surface area contributed by atoms with Crippen molar-refractivity contribution in [2.75, 3.05) is 31.6 Å². The van der Waals surface area contributed by atoms with Crippen LogP contribution in [0.3, 0.4) is 0 Å². The zero-order valence-corrected chi connectivity index (χ0v) is 13.2. The van der Waals surface area contributed by atoms with Gasteiger partial charge in [-0.3, -0.25) is 14.5 Å². The van der Waals surface area contributed by atoms with E-state index in [9.17, 15) is 22.9 Å². The summed E-state index contributed by atoms with van der Waals surface area (Å²) in [6, 6.07) is 3.38. The molecule has 0 saturated carbocycles. The van der Waals surface area contributed by atoms with E-state index in [0.717, 1.165) is 6.07 Å². The number of nitro groups is 1. The third kappa shape index (κ3) is 4.15. The number of primary sulfonamides is 1. The van der Waals surface area contributed by atoms with Gasteiger partial charge in [0, 0.05) is 18.0 Å². The number of nitro benzene ring substituents is 1. The maximum atomic E-state index is 13.4. The van der Waals surface area contributed by atoms with Crippen molar-refractivity contribution in [3.63, 3.8) is 0 Å². The number of nitrogens with zero attached hydrogens (tertiary/aromatic N) is 1. The molecule has 23 heavy (non-hydrogen) atoms. The Morgan fingerprint density at radius 3 is 2.57 bits per heavy atom. The number of anilines is 1. The SMILES string of the molecule is NS(=O)(=O)c1ccc(NCC2(CF)CCNCC2)c([N+](=O)[O-])c1. The van der Waals surface area contributed by atoms with Gasteiger partial charge in [0.2, 0.25) is 10.0 Å². The van der Waals surface area contributed by atoms with E-state index in [0.29, 0.717) is 25.9 Å². The highest BCUT2D eigenvalue weighted by Gasteiger charge is 2.32. The van der Waals surface area contributed by atoms with Gasteiger partial charge in [-0.1, -0.05) is 0 Å². The van der Waals surface area contributed by atoms with E-state index in [1.54, 1.807) is 0 Å². The van der Waals surface area contributed by atoms with Crippen LogP contribution in [0.2, 0.25) is 0 Å².